The van der Waals surface area contributed by atoms with Crippen molar-refractivity contribution < 1.29 is 19.2 Å². The summed E-state index contributed by atoms with van der Waals surface area (Å²) in [7, 11) is 1.34. The Bertz CT molecular complexity index is 614. The number of ether oxygens (including phenoxy) is 1. The Morgan fingerprint density at radius 2 is 2.14 bits per heavy atom. The van der Waals surface area contributed by atoms with Crippen LogP contribution >= 0.6 is 0 Å². The van der Waals surface area contributed by atoms with Gasteiger partial charge in [-0.15, -0.1) is 0 Å². The fourth-order valence-corrected chi connectivity index (χ4v) is 2.71. The van der Waals surface area contributed by atoms with Gasteiger partial charge >= 0.3 is 5.97 Å². The maximum atomic E-state index is 11.7. The van der Waals surface area contributed by atoms with Crippen LogP contribution in [0.5, 0.6) is 0 Å². The summed E-state index contributed by atoms with van der Waals surface area (Å²) in [4.78, 5) is 35.7. The molecule has 22 heavy (non-hydrogen) atoms. The van der Waals surface area contributed by atoms with Crippen LogP contribution < -0.4 is 4.90 Å². The van der Waals surface area contributed by atoms with Gasteiger partial charge in [-0.25, -0.2) is 0 Å². The fourth-order valence-electron chi connectivity index (χ4n) is 2.71. The van der Waals surface area contributed by atoms with Crippen LogP contribution in [-0.2, 0) is 9.53 Å². The predicted molar refractivity (Wildman–Crippen MR) is 80.1 cm³/mol. The van der Waals surface area contributed by atoms with Gasteiger partial charge in [-0.05, 0) is 31.9 Å². The number of nitro benzene ring substituents is 1. The lowest BCUT2D eigenvalue weighted by Crippen LogP contribution is -2.39. The van der Waals surface area contributed by atoms with Crippen molar-refractivity contribution >= 4 is 23.1 Å². The topological polar surface area (TPSA) is 89.8 Å². The van der Waals surface area contributed by atoms with Gasteiger partial charge in [0.15, 0.2) is 5.78 Å². The normalized spacial score (nSPS) is 17.9. The number of benzene rings is 1. The Hall–Kier alpha value is -2.44. The van der Waals surface area contributed by atoms with Crippen molar-refractivity contribution in [2.24, 2.45) is 5.92 Å². The van der Waals surface area contributed by atoms with Gasteiger partial charge in [0, 0.05) is 24.7 Å². The van der Waals surface area contributed by atoms with Crippen LogP contribution in [0.3, 0.4) is 0 Å². The number of anilines is 1. The van der Waals surface area contributed by atoms with Gasteiger partial charge in [0.25, 0.3) is 5.69 Å². The number of nitrogens with zero attached hydrogens (tertiary/aromatic N) is 2. The second kappa shape index (κ2) is 6.55. The van der Waals surface area contributed by atoms with Crippen LogP contribution in [0.1, 0.15) is 30.1 Å². The average molecular weight is 306 g/mol. The first kappa shape index (κ1) is 15.9. The number of rotatable bonds is 4. The summed E-state index contributed by atoms with van der Waals surface area (Å²) in [5.41, 5.74) is 0.624. The minimum atomic E-state index is -0.497. The van der Waals surface area contributed by atoms with Crippen molar-refractivity contribution in [2.75, 3.05) is 25.1 Å². The van der Waals surface area contributed by atoms with E-state index in [2.05, 4.69) is 0 Å². The third-order valence-electron chi connectivity index (χ3n) is 3.88. The summed E-state index contributed by atoms with van der Waals surface area (Å²) in [6, 6.07) is 4.44. The van der Waals surface area contributed by atoms with E-state index in [-0.39, 0.29) is 23.4 Å². The van der Waals surface area contributed by atoms with E-state index in [0.717, 1.165) is 6.42 Å². The SMILES string of the molecule is COC(=O)[C@H]1CCCN(c2ccc(C(C)=O)cc2[N+](=O)[O-])C1. The highest BCUT2D eigenvalue weighted by Gasteiger charge is 2.30. The molecule has 2 rings (SSSR count). The summed E-state index contributed by atoms with van der Waals surface area (Å²) in [6.07, 6.45) is 1.47. The van der Waals surface area contributed by atoms with Crippen LogP contribution in [0.25, 0.3) is 0 Å². The molecule has 1 saturated heterocycles. The van der Waals surface area contributed by atoms with Crippen molar-refractivity contribution in [1.82, 2.24) is 0 Å². The highest BCUT2D eigenvalue weighted by Crippen LogP contribution is 2.32. The Balaban J connectivity index is 2.33. The smallest absolute Gasteiger partial charge is 0.310 e. The molecule has 0 unspecified atom stereocenters. The number of hydrogen-bond donors (Lipinski definition) is 0. The molecular formula is C15H18N2O5. The molecular weight excluding hydrogens is 288 g/mol. The molecule has 1 aromatic rings. The molecule has 0 saturated carbocycles. The molecule has 1 aliphatic rings. The van der Waals surface area contributed by atoms with Crippen LogP contribution in [0.4, 0.5) is 11.4 Å². The van der Waals surface area contributed by atoms with Crippen LogP contribution in [0, 0.1) is 16.0 Å². The number of ketones is 1. The summed E-state index contributed by atoms with van der Waals surface area (Å²) < 4.78 is 4.76. The Kier molecular flexibility index (Phi) is 4.75. The first-order valence-electron chi connectivity index (χ1n) is 7.06. The van der Waals surface area contributed by atoms with Crippen molar-refractivity contribution in [2.45, 2.75) is 19.8 Å². The van der Waals surface area contributed by atoms with E-state index in [9.17, 15) is 19.7 Å². The average Bonchev–Trinajstić information content (AvgIpc) is 2.53. The zero-order valence-corrected chi connectivity index (χ0v) is 12.6. The molecule has 1 aliphatic heterocycles. The van der Waals surface area contributed by atoms with Gasteiger partial charge in [0.1, 0.15) is 5.69 Å². The third-order valence-corrected chi connectivity index (χ3v) is 3.88. The third kappa shape index (κ3) is 3.24. The molecule has 0 N–H and O–H groups in total. The number of methoxy groups -OCH3 is 1. The van der Waals surface area contributed by atoms with Gasteiger partial charge in [-0.2, -0.15) is 0 Å². The van der Waals surface area contributed by atoms with E-state index in [0.29, 0.717) is 30.8 Å². The lowest BCUT2D eigenvalue weighted by Gasteiger charge is -2.32. The van der Waals surface area contributed by atoms with Crippen LogP contribution in [0.2, 0.25) is 0 Å². The molecule has 0 bridgehead atoms. The van der Waals surface area contributed by atoms with Gasteiger partial charge in [-0.3, -0.25) is 19.7 Å². The molecule has 7 nitrogen and oxygen atoms in total. The van der Waals surface area contributed by atoms with Crippen LogP contribution in [-0.4, -0.2) is 36.9 Å². The van der Waals surface area contributed by atoms with Crippen molar-refractivity contribution in [3.8, 4) is 0 Å². The second-order valence-electron chi connectivity index (χ2n) is 5.33. The van der Waals surface area contributed by atoms with E-state index < -0.39 is 4.92 Å². The second-order valence-corrected chi connectivity index (χ2v) is 5.33. The number of piperidine rings is 1. The van der Waals surface area contributed by atoms with E-state index in [1.165, 1.54) is 20.1 Å². The summed E-state index contributed by atoms with van der Waals surface area (Å²) in [5.74, 6) is -0.806. The molecule has 0 amide bonds. The maximum Gasteiger partial charge on any atom is 0.310 e. The van der Waals surface area contributed by atoms with Crippen molar-refractivity contribution in [1.29, 1.82) is 0 Å². The summed E-state index contributed by atoms with van der Waals surface area (Å²) in [6.45, 7) is 2.38. The number of carbonyl (C=O) groups excluding carboxylic acids is 2. The van der Waals surface area contributed by atoms with E-state index in [1.54, 1.807) is 12.1 Å². The zero-order valence-electron chi connectivity index (χ0n) is 12.6. The monoisotopic (exact) mass is 306 g/mol. The Morgan fingerprint density at radius 1 is 1.41 bits per heavy atom. The number of esters is 1. The highest BCUT2D eigenvalue weighted by molar-refractivity contribution is 5.95. The van der Waals surface area contributed by atoms with Crippen molar-refractivity contribution in [3.05, 3.63) is 33.9 Å². The molecule has 7 heteroatoms. The van der Waals surface area contributed by atoms with Gasteiger partial charge in [0.2, 0.25) is 0 Å². The molecule has 0 aromatic heterocycles. The molecule has 1 atom stereocenters. The molecule has 0 spiro atoms. The fraction of sp³-hybridized carbons (Fsp3) is 0.467. The van der Waals surface area contributed by atoms with Crippen molar-refractivity contribution in [3.63, 3.8) is 0 Å². The van der Waals surface area contributed by atoms with E-state index >= 15 is 0 Å². The quantitative estimate of drug-likeness (QED) is 0.366. The molecule has 0 aliphatic carbocycles. The number of Topliss-reactive ketones (excluding diaryl/α,β-unsaturated/α-hetero) is 1. The lowest BCUT2D eigenvalue weighted by molar-refractivity contribution is -0.384. The lowest BCUT2D eigenvalue weighted by atomic mass is 9.97. The first-order chi connectivity index (χ1) is 10.4. The highest BCUT2D eigenvalue weighted by atomic mass is 16.6. The largest absolute Gasteiger partial charge is 0.469 e. The zero-order chi connectivity index (χ0) is 16.3. The molecule has 1 heterocycles. The Morgan fingerprint density at radius 3 is 2.73 bits per heavy atom. The molecule has 118 valence electrons. The molecule has 0 radical (unpaired) electrons. The maximum absolute atomic E-state index is 11.7. The molecule has 1 aromatic carbocycles. The van der Waals surface area contributed by atoms with Crippen LogP contribution in [0.15, 0.2) is 18.2 Å². The number of hydrogen-bond acceptors (Lipinski definition) is 6. The number of carbonyl (C=O) groups is 2. The van der Waals surface area contributed by atoms with Gasteiger partial charge in [0.05, 0.1) is 18.0 Å². The summed E-state index contributed by atoms with van der Waals surface area (Å²) >= 11 is 0. The minimum Gasteiger partial charge on any atom is -0.469 e. The minimum absolute atomic E-state index is 0.113. The first-order valence-corrected chi connectivity index (χ1v) is 7.06. The number of nitro groups is 1. The van der Waals surface area contributed by atoms with E-state index in [4.69, 9.17) is 4.74 Å². The van der Waals surface area contributed by atoms with Gasteiger partial charge < -0.3 is 9.64 Å². The predicted octanol–water partition coefficient (Wildman–Crippen LogP) is 2.19. The van der Waals surface area contributed by atoms with Gasteiger partial charge in [-0.1, -0.05) is 0 Å². The summed E-state index contributed by atoms with van der Waals surface area (Å²) in [5, 5.41) is 11.3. The van der Waals surface area contributed by atoms with E-state index in [1.807, 2.05) is 4.90 Å². The standard InChI is InChI=1S/C15H18N2O5/c1-10(18)11-5-6-13(14(8-11)17(20)21)16-7-3-4-12(9-16)15(19)22-2/h5-6,8,12H,3-4,7,9H2,1-2H3/t12-/m0/s1. The molecule has 1 fully saturated rings. The Labute approximate surface area is 128 Å².